The maximum absolute atomic E-state index is 12.7. The number of methoxy groups -OCH3 is 3. The van der Waals surface area contributed by atoms with Crippen LogP contribution in [0.1, 0.15) is 24.2 Å². The van der Waals surface area contributed by atoms with Gasteiger partial charge >= 0.3 is 0 Å². The molecule has 148 valence electrons. The molecule has 0 bridgehead atoms. The molecule has 0 amide bonds. The maximum atomic E-state index is 12.7. The molecule has 0 aliphatic carbocycles. The minimum atomic E-state index is -0.269. The van der Waals surface area contributed by atoms with Crippen LogP contribution >= 0.6 is 0 Å². The van der Waals surface area contributed by atoms with Gasteiger partial charge in [0, 0.05) is 39.2 Å². The number of benzene rings is 1. The molecule has 0 aliphatic heterocycles. The van der Waals surface area contributed by atoms with E-state index in [1.807, 2.05) is 19.1 Å². The molecule has 7 nitrogen and oxygen atoms in total. The molecule has 0 aliphatic rings. The van der Waals surface area contributed by atoms with Crippen LogP contribution in [-0.2, 0) is 16.0 Å². The van der Waals surface area contributed by atoms with Gasteiger partial charge < -0.3 is 23.7 Å². The summed E-state index contributed by atoms with van der Waals surface area (Å²) >= 11 is 0. The molecule has 0 saturated carbocycles. The zero-order valence-corrected chi connectivity index (χ0v) is 16.7. The summed E-state index contributed by atoms with van der Waals surface area (Å²) < 4.78 is 17.7. The molecule has 1 heterocycles. The smallest absolute Gasteiger partial charge is 0.261 e. The van der Waals surface area contributed by atoms with Crippen LogP contribution < -0.4 is 15.2 Å². The Hall–Kier alpha value is -2.38. The third kappa shape index (κ3) is 4.48. The van der Waals surface area contributed by atoms with Crippen LogP contribution in [0.3, 0.4) is 0 Å². The molecular formula is C20H28N2O5. The monoisotopic (exact) mass is 376 g/mol. The van der Waals surface area contributed by atoms with Gasteiger partial charge in [0.1, 0.15) is 5.75 Å². The first-order valence-electron chi connectivity index (χ1n) is 8.97. The van der Waals surface area contributed by atoms with Crippen molar-refractivity contribution in [2.75, 3.05) is 52.5 Å². The molecule has 0 spiro atoms. The number of fused-ring (bicyclic) bond motifs is 1. The number of ketones is 1. The van der Waals surface area contributed by atoms with Gasteiger partial charge in [-0.1, -0.05) is 0 Å². The van der Waals surface area contributed by atoms with E-state index >= 15 is 0 Å². The molecule has 0 radical (unpaired) electrons. The summed E-state index contributed by atoms with van der Waals surface area (Å²) in [5, 5.41) is 0.792. The number of carbonyl (C=O) groups excluding carboxylic acids is 1. The Balaban J connectivity index is 2.70. The van der Waals surface area contributed by atoms with Gasteiger partial charge in [-0.25, -0.2) is 0 Å². The van der Waals surface area contributed by atoms with E-state index in [4.69, 9.17) is 14.2 Å². The van der Waals surface area contributed by atoms with Crippen molar-refractivity contribution in [1.82, 2.24) is 4.57 Å². The lowest BCUT2D eigenvalue weighted by Gasteiger charge is -2.27. The summed E-state index contributed by atoms with van der Waals surface area (Å²) in [5.41, 5.74) is 1.54. The molecule has 0 N–H and O–H groups in total. The largest absolute Gasteiger partial charge is 0.495 e. The van der Waals surface area contributed by atoms with E-state index in [1.165, 1.54) is 6.92 Å². The summed E-state index contributed by atoms with van der Waals surface area (Å²) in [7, 11) is 4.92. The fourth-order valence-corrected chi connectivity index (χ4v) is 3.13. The fourth-order valence-electron chi connectivity index (χ4n) is 3.13. The van der Waals surface area contributed by atoms with Crippen molar-refractivity contribution < 1.29 is 19.0 Å². The third-order valence-corrected chi connectivity index (χ3v) is 4.56. The van der Waals surface area contributed by atoms with Gasteiger partial charge in [0.2, 0.25) is 0 Å². The van der Waals surface area contributed by atoms with Crippen LogP contribution in [0.25, 0.3) is 10.9 Å². The van der Waals surface area contributed by atoms with Crippen LogP contribution in [0.2, 0.25) is 0 Å². The van der Waals surface area contributed by atoms with Gasteiger partial charge in [0.15, 0.2) is 5.78 Å². The minimum Gasteiger partial charge on any atom is -0.495 e. The number of pyridine rings is 1. The van der Waals surface area contributed by atoms with E-state index in [0.29, 0.717) is 38.6 Å². The molecule has 0 unspecified atom stereocenters. The Bertz CT molecular complexity index is 852. The molecule has 2 rings (SSSR count). The molecule has 1 aromatic heterocycles. The highest BCUT2D eigenvalue weighted by atomic mass is 16.5. The zero-order chi connectivity index (χ0) is 20.0. The van der Waals surface area contributed by atoms with Crippen molar-refractivity contribution in [2.24, 2.45) is 0 Å². The van der Waals surface area contributed by atoms with E-state index in [0.717, 1.165) is 16.6 Å². The van der Waals surface area contributed by atoms with Crippen molar-refractivity contribution in [3.8, 4) is 5.75 Å². The summed E-state index contributed by atoms with van der Waals surface area (Å²) in [6.07, 6.45) is 0. The first-order valence-corrected chi connectivity index (χ1v) is 8.97. The van der Waals surface area contributed by atoms with E-state index in [2.05, 4.69) is 4.90 Å². The summed E-state index contributed by atoms with van der Waals surface area (Å²) in [4.78, 5) is 26.7. The lowest BCUT2D eigenvalue weighted by Crippen LogP contribution is -2.31. The van der Waals surface area contributed by atoms with Crippen molar-refractivity contribution in [3.05, 3.63) is 34.1 Å². The van der Waals surface area contributed by atoms with Gasteiger partial charge in [-0.15, -0.1) is 0 Å². The molecule has 0 saturated heterocycles. The highest BCUT2D eigenvalue weighted by Gasteiger charge is 2.18. The second-order valence-electron chi connectivity index (χ2n) is 6.22. The second kappa shape index (κ2) is 9.53. The standard InChI is InChI=1S/C20H28N2O5/c1-6-22-17-13-18(21(7-9-25-3)8-10-26-4)19(27-5)12-15(17)11-16(14(2)23)20(22)24/h11-13H,6-10H2,1-5H3. The number of hydrogen-bond donors (Lipinski definition) is 0. The molecule has 1 aromatic carbocycles. The van der Waals surface area contributed by atoms with Crippen LogP contribution in [0.15, 0.2) is 23.0 Å². The number of Topliss-reactive ketones (excluding diaryl/α,β-unsaturated/α-hetero) is 1. The van der Waals surface area contributed by atoms with Crippen LogP contribution in [0.4, 0.5) is 5.69 Å². The SMILES string of the molecule is CCn1c(=O)c(C(C)=O)cc2cc(OC)c(N(CCOC)CCOC)cc21. The lowest BCUT2D eigenvalue weighted by atomic mass is 10.1. The molecule has 0 atom stereocenters. The van der Waals surface area contributed by atoms with Gasteiger partial charge in [-0.3, -0.25) is 9.59 Å². The minimum absolute atomic E-state index is 0.190. The highest BCUT2D eigenvalue weighted by molar-refractivity contribution is 5.98. The molecule has 2 aromatic rings. The highest BCUT2D eigenvalue weighted by Crippen LogP contribution is 2.33. The average Bonchev–Trinajstić information content (AvgIpc) is 2.66. The topological polar surface area (TPSA) is 70.0 Å². The predicted octanol–water partition coefficient (Wildman–Crippen LogP) is 2.33. The quantitative estimate of drug-likeness (QED) is 0.593. The van der Waals surface area contributed by atoms with Gasteiger partial charge in [0.05, 0.1) is 37.1 Å². The van der Waals surface area contributed by atoms with Crippen molar-refractivity contribution >= 4 is 22.4 Å². The number of anilines is 1. The number of carbonyl (C=O) groups is 1. The van der Waals surface area contributed by atoms with Crippen LogP contribution in [0, 0.1) is 0 Å². The molecule has 7 heteroatoms. The zero-order valence-electron chi connectivity index (χ0n) is 16.7. The Kier molecular flexibility index (Phi) is 7.38. The van der Waals surface area contributed by atoms with Crippen LogP contribution in [0.5, 0.6) is 5.75 Å². The summed E-state index contributed by atoms with van der Waals surface area (Å²) in [5.74, 6) is 0.430. The maximum Gasteiger partial charge on any atom is 0.261 e. The van der Waals surface area contributed by atoms with E-state index in [9.17, 15) is 9.59 Å². The normalized spacial score (nSPS) is 11.0. The molecule has 0 fully saturated rings. The first kappa shape index (κ1) is 20.9. The fraction of sp³-hybridized carbons (Fsp3) is 0.500. The Morgan fingerprint density at radius 2 is 1.70 bits per heavy atom. The Labute approximate surface area is 159 Å². The molecule has 27 heavy (non-hydrogen) atoms. The predicted molar refractivity (Wildman–Crippen MR) is 106 cm³/mol. The van der Waals surface area contributed by atoms with Gasteiger partial charge in [-0.2, -0.15) is 0 Å². The van der Waals surface area contributed by atoms with Gasteiger partial charge in [-0.05, 0) is 32.0 Å². The van der Waals surface area contributed by atoms with E-state index in [1.54, 1.807) is 32.0 Å². The van der Waals surface area contributed by atoms with Crippen molar-refractivity contribution in [2.45, 2.75) is 20.4 Å². The van der Waals surface area contributed by atoms with E-state index < -0.39 is 0 Å². The first-order chi connectivity index (χ1) is 13.0. The number of aryl methyl sites for hydroxylation is 1. The molecular weight excluding hydrogens is 348 g/mol. The average molecular weight is 376 g/mol. The second-order valence-corrected chi connectivity index (χ2v) is 6.22. The number of rotatable bonds is 10. The number of hydrogen-bond acceptors (Lipinski definition) is 6. The summed E-state index contributed by atoms with van der Waals surface area (Å²) in [6, 6.07) is 5.46. The van der Waals surface area contributed by atoms with Gasteiger partial charge in [0.25, 0.3) is 5.56 Å². The number of nitrogens with zero attached hydrogens (tertiary/aromatic N) is 2. The summed E-state index contributed by atoms with van der Waals surface area (Å²) in [6.45, 7) is 6.18. The van der Waals surface area contributed by atoms with E-state index in [-0.39, 0.29) is 16.9 Å². The van der Waals surface area contributed by atoms with Crippen molar-refractivity contribution in [3.63, 3.8) is 0 Å². The van der Waals surface area contributed by atoms with Crippen molar-refractivity contribution in [1.29, 1.82) is 0 Å². The Morgan fingerprint density at radius 3 is 2.19 bits per heavy atom. The number of aromatic nitrogens is 1. The lowest BCUT2D eigenvalue weighted by molar-refractivity contribution is 0.101. The Morgan fingerprint density at radius 1 is 1.07 bits per heavy atom. The van der Waals surface area contributed by atoms with Crippen LogP contribution in [-0.4, -0.2) is 58.0 Å². The number of ether oxygens (including phenoxy) is 3. The third-order valence-electron chi connectivity index (χ3n) is 4.56.